The van der Waals surface area contributed by atoms with Gasteiger partial charge in [-0.05, 0) is 43.5 Å². The Morgan fingerprint density at radius 1 is 1.15 bits per heavy atom. The highest BCUT2D eigenvalue weighted by Crippen LogP contribution is 2.21. The van der Waals surface area contributed by atoms with Crippen molar-refractivity contribution in [2.75, 3.05) is 25.0 Å². The summed E-state index contributed by atoms with van der Waals surface area (Å²) in [6.07, 6.45) is 6.41. The molecule has 1 aliphatic heterocycles. The van der Waals surface area contributed by atoms with Crippen LogP contribution >= 0.6 is 0 Å². The van der Waals surface area contributed by atoms with Crippen molar-refractivity contribution in [1.82, 2.24) is 4.31 Å². The molecule has 0 radical (unpaired) electrons. The van der Waals surface area contributed by atoms with Crippen LogP contribution in [0.25, 0.3) is 0 Å². The highest BCUT2D eigenvalue weighted by molar-refractivity contribution is 7.89. The zero-order valence-corrected chi connectivity index (χ0v) is 15.6. The first-order valence-electron chi connectivity index (χ1n) is 8.67. The zero-order valence-electron chi connectivity index (χ0n) is 14.8. The number of nitrogens with one attached hydrogen (secondary N) is 1. The van der Waals surface area contributed by atoms with E-state index in [1.807, 2.05) is 6.92 Å². The van der Waals surface area contributed by atoms with E-state index in [0.29, 0.717) is 25.2 Å². The lowest BCUT2D eigenvalue weighted by Crippen LogP contribution is -2.35. The molecule has 0 aromatic heterocycles. The van der Waals surface area contributed by atoms with Gasteiger partial charge in [0.25, 0.3) is 5.91 Å². The van der Waals surface area contributed by atoms with Gasteiger partial charge in [-0.2, -0.15) is 4.31 Å². The van der Waals surface area contributed by atoms with E-state index in [1.54, 1.807) is 6.08 Å². The number of esters is 1. The van der Waals surface area contributed by atoms with E-state index < -0.39 is 28.5 Å². The number of hydrogen-bond donors (Lipinski definition) is 1. The van der Waals surface area contributed by atoms with Crippen molar-refractivity contribution in [3.8, 4) is 0 Å². The van der Waals surface area contributed by atoms with Gasteiger partial charge >= 0.3 is 5.97 Å². The number of carbonyl (C=O) groups excluding carboxylic acids is 2. The molecule has 1 fully saturated rings. The molecule has 0 atom stereocenters. The standard InChI is InChI=1S/C18H24N2O5S/c1-2-3-7-18(22)25-14-17(21)19-15-8-10-16(11-9-15)26(23,24)20-12-5-4-6-13-20/h3,7-11H,2,4-6,12-14H2,1H3,(H,19,21)/b7-3+. The molecule has 1 amide bonds. The minimum absolute atomic E-state index is 0.202. The summed E-state index contributed by atoms with van der Waals surface area (Å²) in [6, 6.07) is 5.98. The number of hydrogen-bond acceptors (Lipinski definition) is 5. The second-order valence-corrected chi connectivity index (χ2v) is 7.89. The minimum atomic E-state index is -3.49. The van der Waals surface area contributed by atoms with Crippen LogP contribution in [0.2, 0.25) is 0 Å². The van der Waals surface area contributed by atoms with E-state index in [0.717, 1.165) is 19.3 Å². The van der Waals surface area contributed by atoms with Crippen LogP contribution in [0, 0.1) is 0 Å². The lowest BCUT2D eigenvalue weighted by molar-refractivity contribution is -0.142. The maximum absolute atomic E-state index is 12.6. The number of sulfonamides is 1. The summed E-state index contributed by atoms with van der Waals surface area (Å²) in [5, 5.41) is 2.56. The number of allylic oxidation sites excluding steroid dienone is 1. The first-order valence-corrected chi connectivity index (χ1v) is 10.1. The van der Waals surface area contributed by atoms with Crippen molar-refractivity contribution in [1.29, 1.82) is 0 Å². The predicted octanol–water partition coefficient (Wildman–Crippen LogP) is 2.31. The molecule has 142 valence electrons. The number of piperidine rings is 1. The molecule has 7 nitrogen and oxygen atoms in total. The molecule has 1 aliphatic rings. The Bertz CT molecular complexity index is 750. The maximum atomic E-state index is 12.6. The van der Waals surface area contributed by atoms with Gasteiger partial charge < -0.3 is 10.1 Å². The second kappa shape index (κ2) is 9.49. The van der Waals surface area contributed by atoms with E-state index in [4.69, 9.17) is 4.74 Å². The predicted molar refractivity (Wildman–Crippen MR) is 98.1 cm³/mol. The van der Waals surface area contributed by atoms with Crippen LogP contribution in [0.15, 0.2) is 41.3 Å². The van der Waals surface area contributed by atoms with Crippen molar-refractivity contribution in [2.24, 2.45) is 0 Å². The van der Waals surface area contributed by atoms with E-state index in [1.165, 1.54) is 34.6 Å². The number of carbonyl (C=O) groups is 2. The lowest BCUT2D eigenvalue weighted by Gasteiger charge is -2.25. The van der Waals surface area contributed by atoms with Crippen molar-refractivity contribution >= 4 is 27.6 Å². The molecule has 1 aromatic rings. The summed E-state index contributed by atoms with van der Waals surface area (Å²) in [4.78, 5) is 23.3. The molecule has 1 saturated heterocycles. The van der Waals surface area contributed by atoms with E-state index in [2.05, 4.69) is 5.32 Å². The van der Waals surface area contributed by atoms with Crippen LogP contribution in [0.3, 0.4) is 0 Å². The molecular formula is C18H24N2O5S. The smallest absolute Gasteiger partial charge is 0.330 e. The Morgan fingerprint density at radius 2 is 1.81 bits per heavy atom. The fraction of sp³-hybridized carbons (Fsp3) is 0.444. The number of anilines is 1. The van der Waals surface area contributed by atoms with Crippen LogP contribution in [-0.4, -0.2) is 44.3 Å². The summed E-state index contributed by atoms with van der Waals surface area (Å²) in [7, 11) is -3.49. The quantitative estimate of drug-likeness (QED) is 0.579. The Morgan fingerprint density at radius 3 is 2.42 bits per heavy atom. The number of amides is 1. The van der Waals surface area contributed by atoms with Gasteiger partial charge in [-0.25, -0.2) is 13.2 Å². The summed E-state index contributed by atoms with van der Waals surface area (Å²) < 4.78 is 31.4. The van der Waals surface area contributed by atoms with Crippen molar-refractivity contribution in [2.45, 2.75) is 37.5 Å². The Kier molecular flexibility index (Phi) is 7.35. The van der Waals surface area contributed by atoms with Crippen LogP contribution in [0.5, 0.6) is 0 Å². The van der Waals surface area contributed by atoms with Gasteiger partial charge in [0.2, 0.25) is 10.0 Å². The fourth-order valence-electron chi connectivity index (χ4n) is 2.56. The highest BCUT2D eigenvalue weighted by Gasteiger charge is 2.25. The summed E-state index contributed by atoms with van der Waals surface area (Å²) in [6.45, 7) is 2.56. The second-order valence-electron chi connectivity index (χ2n) is 5.96. The first-order chi connectivity index (χ1) is 12.4. The van der Waals surface area contributed by atoms with Gasteiger partial charge in [0.1, 0.15) is 0 Å². The van der Waals surface area contributed by atoms with Gasteiger partial charge in [0.05, 0.1) is 4.90 Å². The highest BCUT2D eigenvalue weighted by atomic mass is 32.2. The van der Waals surface area contributed by atoms with Crippen LogP contribution in [-0.2, 0) is 24.3 Å². The fourth-order valence-corrected chi connectivity index (χ4v) is 4.08. The van der Waals surface area contributed by atoms with Gasteiger partial charge in [0, 0.05) is 24.9 Å². The molecule has 0 bridgehead atoms. The number of ether oxygens (including phenoxy) is 1. The number of nitrogens with zero attached hydrogens (tertiary/aromatic N) is 1. The number of benzene rings is 1. The molecule has 0 unspecified atom stereocenters. The van der Waals surface area contributed by atoms with E-state index in [-0.39, 0.29) is 4.90 Å². The van der Waals surface area contributed by atoms with Gasteiger partial charge in [-0.15, -0.1) is 0 Å². The average Bonchev–Trinajstić information content (AvgIpc) is 2.66. The minimum Gasteiger partial charge on any atom is -0.452 e. The van der Waals surface area contributed by atoms with E-state index in [9.17, 15) is 18.0 Å². The topological polar surface area (TPSA) is 92.8 Å². The molecular weight excluding hydrogens is 356 g/mol. The Labute approximate surface area is 154 Å². The lowest BCUT2D eigenvalue weighted by atomic mass is 10.2. The molecule has 0 spiro atoms. The van der Waals surface area contributed by atoms with Gasteiger partial charge in [0.15, 0.2) is 6.61 Å². The molecule has 26 heavy (non-hydrogen) atoms. The van der Waals surface area contributed by atoms with Crippen molar-refractivity contribution in [3.05, 3.63) is 36.4 Å². The molecule has 1 heterocycles. The Balaban J connectivity index is 1.91. The van der Waals surface area contributed by atoms with Gasteiger partial charge in [-0.1, -0.05) is 19.4 Å². The molecule has 1 N–H and O–H groups in total. The third-order valence-corrected chi connectivity index (χ3v) is 5.84. The Hall–Kier alpha value is -2.19. The third kappa shape index (κ3) is 5.67. The molecule has 2 rings (SSSR count). The van der Waals surface area contributed by atoms with Crippen molar-refractivity contribution < 1.29 is 22.7 Å². The normalized spacial score (nSPS) is 15.7. The monoisotopic (exact) mass is 380 g/mol. The van der Waals surface area contributed by atoms with Crippen molar-refractivity contribution in [3.63, 3.8) is 0 Å². The van der Waals surface area contributed by atoms with Crippen LogP contribution in [0.4, 0.5) is 5.69 Å². The maximum Gasteiger partial charge on any atom is 0.330 e. The zero-order chi connectivity index (χ0) is 19.0. The number of rotatable bonds is 7. The van der Waals surface area contributed by atoms with Crippen LogP contribution < -0.4 is 5.32 Å². The van der Waals surface area contributed by atoms with E-state index >= 15 is 0 Å². The summed E-state index contributed by atoms with van der Waals surface area (Å²) in [5.74, 6) is -1.07. The average molecular weight is 380 g/mol. The SMILES string of the molecule is CC/C=C/C(=O)OCC(=O)Nc1ccc(S(=O)(=O)N2CCCCC2)cc1. The van der Waals surface area contributed by atoms with Crippen LogP contribution in [0.1, 0.15) is 32.6 Å². The first kappa shape index (κ1) is 20.1. The molecule has 0 aliphatic carbocycles. The van der Waals surface area contributed by atoms with Gasteiger partial charge in [-0.3, -0.25) is 4.79 Å². The molecule has 1 aromatic carbocycles. The summed E-state index contributed by atoms with van der Waals surface area (Å²) in [5.41, 5.74) is 0.438. The third-order valence-electron chi connectivity index (χ3n) is 3.93. The largest absolute Gasteiger partial charge is 0.452 e. The summed E-state index contributed by atoms with van der Waals surface area (Å²) >= 11 is 0. The molecule has 0 saturated carbocycles. The molecule has 8 heteroatoms.